The first-order valence-electron chi connectivity index (χ1n) is 9.93. The third-order valence-corrected chi connectivity index (χ3v) is 4.65. The van der Waals surface area contributed by atoms with Crippen molar-refractivity contribution in [3.05, 3.63) is 64.8 Å². The van der Waals surface area contributed by atoms with E-state index in [1.165, 1.54) is 16.7 Å². The van der Waals surface area contributed by atoms with E-state index in [1.807, 2.05) is 31.2 Å². The van der Waals surface area contributed by atoms with Crippen LogP contribution in [0.4, 0.5) is 4.39 Å². The number of imidazole rings is 1. The summed E-state index contributed by atoms with van der Waals surface area (Å²) in [6.45, 7) is 3.65. The fourth-order valence-corrected chi connectivity index (χ4v) is 3.24. The number of carbonyl (C=O) groups excluding carboxylic acids is 1. The van der Waals surface area contributed by atoms with Crippen LogP contribution in [0.3, 0.4) is 0 Å². The van der Waals surface area contributed by atoms with Crippen molar-refractivity contribution in [2.75, 3.05) is 13.2 Å². The predicted octanol–water partition coefficient (Wildman–Crippen LogP) is 3.33. The lowest BCUT2D eigenvalue weighted by molar-refractivity contribution is -0.121. The van der Waals surface area contributed by atoms with Gasteiger partial charge in [0.1, 0.15) is 18.1 Å². The average molecular weight is 399 g/mol. The molecular formula is C22H26FN3O3. The van der Waals surface area contributed by atoms with E-state index in [0.717, 1.165) is 30.3 Å². The molecule has 154 valence electrons. The smallest absolute Gasteiger partial charge is 0.329 e. The van der Waals surface area contributed by atoms with E-state index >= 15 is 0 Å². The Morgan fingerprint density at radius 2 is 1.72 bits per heavy atom. The molecule has 0 fully saturated rings. The number of benzene rings is 2. The Morgan fingerprint density at radius 3 is 2.41 bits per heavy atom. The SMILES string of the molecule is CCCn1c(=O)n(CC(=O)NCCCCOc2ccc(F)cc2)c2ccccc21. The van der Waals surface area contributed by atoms with Crippen molar-refractivity contribution in [1.29, 1.82) is 0 Å². The number of rotatable bonds is 10. The maximum atomic E-state index is 12.8. The lowest BCUT2D eigenvalue weighted by Crippen LogP contribution is -2.33. The number of fused-ring (bicyclic) bond motifs is 1. The summed E-state index contributed by atoms with van der Waals surface area (Å²) < 4.78 is 21.6. The fraction of sp³-hybridized carbons (Fsp3) is 0.364. The van der Waals surface area contributed by atoms with Crippen molar-refractivity contribution in [3.8, 4) is 5.75 Å². The van der Waals surface area contributed by atoms with E-state index in [0.29, 0.717) is 25.4 Å². The Balaban J connectivity index is 1.47. The van der Waals surface area contributed by atoms with Gasteiger partial charge in [0.15, 0.2) is 0 Å². The first-order chi connectivity index (χ1) is 14.1. The summed E-state index contributed by atoms with van der Waals surface area (Å²) in [5, 5.41) is 2.86. The Morgan fingerprint density at radius 1 is 1.03 bits per heavy atom. The molecule has 2 aromatic carbocycles. The number of aryl methyl sites for hydroxylation is 1. The standard InChI is InChI=1S/C22H26FN3O3/c1-2-14-25-19-7-3-4-8-20(19)26(22(25)28)16-21(27)24-13-5-6-15-29-18-11-9-17(23)10-12-18/h3-4,7-12H,2,5-6,13-16H2,1H3,(H,24,27). The van der Waals surface area contributed by atoms with Gasteiger partial charge >= 0.3 is 5.69 Å². The van der Waals surface area contributed by atoms with Gasteiger partial charge in [0.05, 0.1) is 17.6 Å². The van der Waals surface area contributed by atoms with Crippen LogP contribution in [-0.2, 0) is 17.9 Å². The Bertz CT molecular complexity index is 1010. The number of hydrogen-bond donors (Lipinski definition) is 1. The summed E-state index contributed by atoms with van der Waals surface area (Å²) in [7, 11) is 0. The fourth-order valence-electron chi connectivity index (χ4n) is 3.24. The van der Waals surface area contributed by atoms with Crippen LogP contribution in [0.2, 0.25) is 0 Å². The molecule has 1 aromatic heterocycles. The number of ether oxygens (including phenoxy) is 1. The lowest BCUT2D eigenvalue weighted by Gasteiger charge is -2.08. The number of nitrogens with zero attached hydrogens (tertiary/aromatic N) is 2. The molecule has 0 saturated carbocycles. The van der Waals surface area contributed by atoms with E-state index in [2.05, 4.69) is 5.32 Å². The minimum absolute atomic E-state index is 0.00212. The molecule has 6 nitrogen and oxygen atoms in total. The summed E-state index contributed by atoms with van der Waals surface area (Å²) in [5.41, 5.74) is 1.47. The van der Waals surface area contributed by atoms with Crippen LogP contribution >= 0.6 is 0 Å². The van der Waals surface area contributed by atoms with Crippen LogP contribution < -0.4 is 15.7 Å². The summed E-state index contributed by atoms with van der Waals surface area (Å²) in [4.78, 5) is 25.0. The summed E-state index contributed by atoms with van der Waals surface area (Å²) in [6, 6.07) is 13.4. The molecule has 0 saturated heterocycles. The van der Waals surface area contributed by atoms with Gasteiger partial charge in [-0.3, -0.25) is 13.9 Å². The molecular weight excluding hydrogens is 373 g/mol. The molecule has 0 unspecified atom stereocenters. The zero-order valence-electron chi connectivity index (χ0n) is 16.6. The molecule has 3 rings (SSSR count). The summed E-state index contributed by atoms with van der Waals surface area (Å²) in [6.07, 6.45) is 2.35. The van der Waals surface area contributed by atoms with Gasteiger partial charge in [0, 0.05) is 13.1 Å². The van der Waals surface area contributed by atoms with E-state index in [9.17, 15) is 14.0 Å². The van der Waals surface area contributed by atoms with Crippen molar-refractivity contribution in [2.45, 2.75) is 39.3 Å². The normalized spacial score (nSPS) is 11.0. The van der Waals surface area contributed by atoms with Crippen molar-refractivity contribution in [3.63, 3.8) is 0 Å². The number of unbranched alkanes of at least 4 members (excludes halogenated alkanes) is 1. The van der Waals surface area contributed by atoms with Gasteiger partial charge in [-0.05, 0) is 55.7 Å². The molecule has 0 aliphatic rings. The summed E-state index contributed by atoms with van der Waals surface area (Å²) >= 11 is 0. The molecule has 3 aromatic rings. The third kappa shape index (κ3) is 5.25. The van der Waals surface area contributed by atoms with Crippen LogP contribution in [0.1, 0.15) is 26.2 Å². The third-order valence-electron chi connectivity index (χ3n) is 4.65. The first-order valence-corrected chi connectivity index (χ1v) is 9.93. The van der Waals surface area contributed by atoms with Crippen molar-refractivity contribution in [1.82, 2.24) is 14.5 Å². The second kappa shape index (κ2) is 9.91. The molecule has 0 aliphatic heterocycles. The quantitative estimate of drug-likeness (QED) is 0.532. The molecule has 1 amide bonds. The maximum Gasteiger partial charge on any atom is 0.329 e. The Labute approximate surface area is 168 Å². The molecule has 0 atom stereocenters. The topological polar surface area (TPSA) is 65.3 Å². The van der Waals surface area contributed by atoms with Crippen LogP contribution in [-0.4, -0.2) is 28.2 Å². The number of aromatic nitrogens is 2. The van der Waals surface area contributed by atoms with Gasteiger partial charge in [-0.15, -0.1) is 0 Å². The zero-order valence-corrected chi connectivity index (χ0v) is 16.6. The number of halogens is 1. The summed E-state index contributed by atoms with van der Waals surface area (Å²) in [5.74, 6) is 0.140. The average Bonchev–Trinajstić information content (AvgIpc) is 2.98. The minimum atomic E-state index is -0.294. The van der Waals surface area contributed by atoms with E-state index in [4.69, 9.17) is 4.74 Å². The molecule has 1 heterocycles. The van der Waals surface area contributed by atoms with Gasteiger partial charge < -0.3 is 10.1 Å². The number of carbonyl (C=O) groups is 1. The lowest BCUT2D eigenvalue weighted by atomic mass is 10.3. The second-order valence-corrected chi connectivity index (χ2v) is 6.87. The van der Waals surface area contributed by atoms with Crippen molar-refractivity contribution in [2.24, 2.45) is 0 Å². The molecule has 29 heavy (non-hydrogen) atoms. The van der Waals surface area contributed by atoms with Gasteiger partial charge in [-0.25, -0.2) is 9.18 Å². The minimum Gasteiger partial charge on any atom is -0.494 e. The van der Waals surface area contributed by atoms with Gasteiger partial charge in [0.2, 0.25) is 5.91 Å². The highest BCUT2D eigenvalue weighted by atomic mass is 19.1. The van der Waals surface area contributed by atoms with Gasteiger partial charge in [0.25, 0.3) is 0 Å². The van der Waals surface area contributed by atoms with Crippen LogP contribution in [0.25, 0.3) is 11.0 Å². The van der Waals surface area contributed by atoms with Crippen LogP contribution in [0.15, 0.2) is 53.3 Å². The highest BCUT2D eigenvalue weighted by Gasteiger charge is 2.14. The Hall–Kier alpha value is -3.09. The van der Waals surface area contributed by atoms with Crippen LogP contribution in [0.5, 0.6) is 5.75 Å². The van der Waals surface area contributed by atoms with E-state index < -0.39 is 0 Å². The molecule has 7 heteroatoms. The highest BCUT2D eigenvalue weighted by Crippen LogP contribution is 2.13. The van der Waals surface area contributed by atoms with Gasteiger partial charge in [-0.2, -0.15) is 0 Å². The van der Waals surface area contributed by atoms with E-state index in [-0.39, 0.29) is 24.0 Å². The monoisotopic (exact) mass is 399 g/mol. The number of para-hydroxylation sites is 2. The van der Waals surface area contributed by atoms with Crippen molar-refractivity contribution >= 4 is 16.9 Å². The molecule has 1 N–H and O–H groups in total. The molecule has 0 bridgehead atoms. The predicted molar refractivity (Wildman–Crippen MR) is 111 cm³/mol. The number of nitrogens with one attached hydrogen (secondary N) is 1. The van der Waals surface area contributed by atoms with Crippen molar-refractivity contribution < 1.29 is 13.9 Å². The highest BCUT2D eigenvalue weighted by molar-refractivity contribution is 5.80. The molecule has 0 spiro atoms. The molecule has 0 aliphatic carbocycles. The number of amides is 1. The number of hydrogen-bond acceptors (Lipinski definition) is 3. The Kier molecular flexibility index (Phi) is 7.05. The van der Waals surface area contributed by atoms with E-state index in [1.54, 1.807) is 16.7 Å². The van der Waals surface area contributed by atoms with Crippen LogP contribution in [0, 0.1) is 5.82 Å². The van der Waals surface area contributed by atoms with Gasteiger partial charge in [-0.1, -0.05) is 19.1 Å². The first kappa shape index (κ1) is 20.6. The largest absolute Gasteiger partial charge is 0.494 e. The zero-order chi connectivity index (χ0) is 20.6. The molecule has 0 radical (unpaired) electrons. The maximum absolute atomic E-state index is 12.8. The second-order valence-electron chi connectivity index (χ2n) is 6.87.